The van der Waals surface area contributed by atoms with Crippen LogP contribution in [0.4, 0.5) is 0 Å². The molecule has 1 heterocycles. The Hall–Kier alpha value is -2.52. The summed E-state index contributed by atoms with van der Waals surface area (Å²) in [6.07, 6.45) is 12.1. The van der Waals surface area contributed by atoms with E-state index in [-0.39, 0.29) is 52.0 Å². The van der Waals surface area contributed by atoms with Crippen LogP contribution in [0, 0.1) is 56.7 Å². The lowest BCUT2D eigenvalue weighted by molar-refractivity contribution is -0.216. The number of ether oxygens (including phenoxy) is 1. The second kappa shape index (κ2) is 14.5. The first-order valence-electron chi connectivity index (χ1n) is 20.8. The molecule has 0 saturated heterocycles. The minimum Gasteiger partial charge on any atom is -0.481 e. The quantitative estimate of drug-likeness (QED) is 0.195. The number of carbonyl (C=O) groups excluding carboxylic acids is 2. The molecule has 9 heteroatoms. The molecule has 0 amide bonds. The molecule has 1 aromatic heterocycles. The molecule has 0 aromatic carbocycles. The van der Waals surface area contributed by atoms with Gasteiger partial charge in [0.1, 0.15) is 6.10 Å². The van der Waals surface area contributed by atoms with Crippen molar-refractivity contribution in [2.24, 2.45) is 56.7 Å². The molecule has 9 atom stereocenters. The Morgan fingerprint density at radius 3 is 2.40 bits per heavy atom. The zero-order valence-electron chi connectivity index (χ0n) is 34.6. The molecule has 6 rings (SSSR count). The van der Waals surface area contributed by atoms with Gasteiger partial charge in [0.2, 0.25) is 0 Å². The molecule has 3 unspecified atom stereocenters. The molecule has 5 aliphatic carbocycles. The largest absolute Gasteiger partial charge is 0.481 e. The molecule has 2 N–H and O–H groups in total. The second-order valence-electron chi connectivity index (χ2n) is 20.2. The first-order valence-corrected chi connectivity index (χ1v) is 20.8. The molecular formula is C44H70N4O5. The molecule has 0 aliphatic heterocycles. The molecule has 4 fully saturated rings. The maximum absolute atomic E-state index is 14.2. The number of allylic oxidation sites excluding steroid dienone is 2. The van der Waals surface area contributed by atoms with Crippen molar-refractivity contribution in [1.29, 1.82) is 0 Å². The van der Waals surface area contributed by atoms with E-state index in [0.29, 0.717) is 30.0 Å². The zero-order chi connectivity index (χ0) is 38.7. The number of aliphatic carboxylic acids is 1. The van der Waals surface area contributed by atoms with Gasteiger partial charge in [-0.2, -0.15) is 5.10 Å². The van der Waals surface area contributed by atoms with Crippen LogP contribution in [-0.2, 0) is 25.7 Å². The van der Waals surface area contributed by atoms with Gasteiger partial charge in [0.25, 0.3) is 0 Å². The van der Waals surface area contributed by atoms with E-state index in [1.54, 1.807) is 19.4 Å². The number of carbonyl (C=O) groups is 3. The summed E-state index contributed by atoms with van der Waals surface area (Å²) >= 11 is 0. The third-order valence-corrected chi connectivity index (χ3v) is 16.3. The summed E-state index contributed by atoms with van der Waals surface area (Å²) in [6.45, 7) is 21.5. The number of carboxylic acids is 1. The Morgan fingerprint density at radius 1 is 1.02 bits per heavy atom. The Morgan fingerprint density at radius 2 is 1.75 bits per heavy atom. The number of aromatic nitrogens is 2. The normalized spacial score (nSPS) is 37.1. The van der Waals surface area contributed by atoms with E-state index in [4.69, 9.17) is 4.74 Å². The highest BCUT2D eigenvalue weighted by atomic mass is 16.5. The van der Waals surface area contributed by atoms with Crippen molar-refractivity contribution in [2.75, 3.05) is 33.7 Å². The van der Waals surface area contributed by atoms with Crippen LogP contribution >= 0.6 is 0 Å². The first-order chi connectivity index (χ1) is 24.8. The van der Waals surface area contributed by atoms with Crippen molar-refractivity contribution in [1.82, 2.24) is 20.0 Å². The third-order valence-electron chi connectivity index (χ3n) is 16.3. The summed E-state index contributed by atoms with van der Waals surface area (Å²) in [5, 5.41) is 17.1. The van der Waals surface area contributed by atoms with Crippen molar-refractivity contribution in [3.05, 3.63) is 29.1 Å². The lowest BCUT2D eigenvalue weighted by atomic mass is 9.34. The highest BCUT2D eigenvalue weighted by molar-refractivity contribution is 6.00. The van der Waals surface area contributed by atoms with Gasteiger partial charge in [-0.3, -0.25) is 24.4 Å². The van der Waals surface area contributed by atoms with Gasteiger partial charge in [0.15, 0.2) is 5.78 Å². The average molecular weight is 735 g/mol. The fraction of sp³-hybridized carbons (Fsp3) is 0.818. The van der Waals surface area contributed by atoms with Gasteiger partial charge < -0.3 is 14.7 Å². The van der Waals surface area contributed by atoms with Crippen LogP contribution in [0.2, 0.25) is 0 Å². The second-order valence-corrected chi connectivity index (χ2v) is 20.2. The summed E-state index contributed by atoms with van der Waals surface area (Å²) in [6, 6.07) is 2.07. The first kappa shape index (κ1) is 40.2. The summed E-state index contributed by atoms with van der Waals surface area (Å²) < 4.78 is 6.10. The average Bonchev–Trinajstić information content (AvgIpc) is 3.69. The standard InChI is InChI=1S/C44H70N4O5/c1-28(2)37-33(49)25-44(20-22-48(24-23-47(9)10)27-30-15-21-45-46-30)19-18-42(7)32(38(37)44)11-12-35-41(6)16-14-34(29(3)31(41)13-17-43(35,42)8)53-36(50)26-40(4,5)39(51)52/h15,21,28-29,31-32,34-35H,11-14,16-20,22-27H2,1-10H3,(H,45,46)(H,51,52)/t29?,31?,32-,34+,35?,41+,42-,43-,44-/m1/s1. The number of hydrogen-bond acceptors (Lipinski definition) is 7. The van der Waals surface area contributed by atoms with Crippen molar-refractivity contribution < 1.29 is 24.2 Å². The van der Waals surface area contributed by atoms with Gasteiger partial charge in [-0.25, -0.2) is 0 Å². The van der Waals surface area contributed by atoms with Gasteiger partial charge in [0, 0.05) is 37.7 Å². The van der Waals surface area contributed by atoms with Crippen molar-refractivity contribution in [3.8, 4) is 0 Å². The maximum atomic E-state index is 14.2. The molecule has 1 aromatic rings. The minimum absolute atomic E-state index is 0.0568. The number of likely N-dealkylation sites (N-methyl/N-ethyl adjacent to an activating group) is 1. The van der Waals surface area contributed by atoms with E-state index in [1.807, 2.05) is 6.20 Å². The predicted molar refractivity (Wildman–Crippen MR) is 208 cm³/mol. The number of ketones is 1. The minimum atomic E-state index is -1.14. The highest BCUT2D eigenvalue weighted by Crippen LogP contribution is 2.76. The highest BCUT2D eigenvalue weighted by Gasteiger charge is 2.69. The van der Waals surface area contributed by atoms with Crippen LogP contribution in [0.3, 0.4) is 0 Å². The number of H-pyrrole nitrogens is 1. The zero-order valence-corrected chi connectivity index (χ0v) is 34.6. The maximum Gasteiger partial charge on any atom is 0.309 e. The van der Waals surface area contributed by atoms with E-state index in [1.165, 1.54) is 12.8 Å². The monoisotopic (exact) mass is 735 g/mol. The number of rotatable bonds is 13. The van der Waals surface area contributed by atoms with Gasteiger partial charge in [-0.05, 0) is 150 Å². The van der Waals surface area contributed by atoms with Crippen LogP contribution in [-0.4, -0.2) is 82.7 Å². The smallest absolute Gasteiger partial charge is 0.309 e. The predicted octanol–water partition coefficient (Wildman–Crippen LogP) is 8.17. The summed E-state index contributed by atoms with van der Waals surface area (Å²) in [4.78, 5) is 43.7. The SMILES string of the molecule is CC(C)C1=C2[C@H]3CCC4[C@@]5(C)CC[C@H](OC(=O)CC(C)(C)C(=O)O)C(C)C5CC[C@@]4(C)[C@]3(C)CC[C@@]2(CCN(CCN(C)C)Cc2cc[nH]n2)CC1=O. The van der Waals surface area contributed by atoms with Crippen LogP contribution in [0.25, 0.3) is 0 Å². The van der Waals surface area contributed by atoms with Gasteiger partial charge in [0.05, 0.1) is 17.5 Å². The molecule has 0 spiro atoms. The summed E-state index contributed by atoms with van der Waals surface area (Å²) in [7, 11) is 4.27. The molecule has 0 radical (unpaired) electrons. The fourth-order valence-electron chi connectivity index (χ4n) is 13.0. The molecule has 5 aliphatic rings. The van der Waals surface area contributed by atoms with E-state index < -0.39 is 11.4 Å². The number of nitrogens with one attached hydrogen (secondary N) is 1. The van der Waals surface area contributed by atoms with Gasteiger partial charge in [-0.1, -0.05) is 47.1 Å². The number of nitrogens with zero attached hydrogens (tertiary/aromatic N) is 3. The Labute approximate surface area is 319 Å². The molecular weight excluding hydrogens is 665 g/mol. The lowest BCUT2D eigenvalue weighted by Gasteiger charge is -2.71. The van der Waals surface area contributed by atoms with Crippen LogP contribution in [0.15, 0.2) is 23.4 Å². The van der Waals surface area contributed by atoms with E-state index >= 15 is 0 Å². The van der Waals surface area contributed by atoms with E-state index in [2.05, 4.69) is 81.7 Å². The van der Waals surface area contributed by atoms with Crippen molar-refractivity contribution in [3.63, 3.8) is 0 Å². The Balaban J connectivity index is 1.24. The van der Waals surface area contributed by atoms with Crippen LogP contribution < -0.4 is 0 Å². The number of aromatic amines is 1. The molecule has 9 nitrogen and oxygen atoms in total. The lowest BCUT2D eigenvalue weighted by Crippen LogP contribution is -2.64. The summed E-state index contributed by atoms with van der Waals surface area (Å²) in [5.41, 5.74) is 3.01. The topological polar surface area (TPSA) is 116 Å². The molecule has 296 valence electrons. The Kier molecular flexibility index (Phi) is 11.0. The van der Waals surface area contributed by atoms with Crippen LogP contribution in [0.1, 0.15) is 132 Å². The molecule has 4 saturated carbocycles. The number of hydrogen-bond donors (Lipinski definition) is 2. The summed E-state index contributed by atoms with van der Waals surface area (Å²) in [5.74, 6) is 0.970. The van der Waals surface area contributed by atoms with Crippen LogP contribution in [0.5, 0.6) is 0 Å². The third kappa shape index (κ3) is 6.97. The molecule has 53 heavy (non-hydrogen) atoms. The van der Waals surface area contributed by atoms with Crippen molar-refractivity contribution >= 4 is 17.7 Å². The number of fused-ring (bicyclic) bond motifs is 7. The number of Topliss-reactive ketones (excluding diaryl/α,β-unsaturated/α-hetero) is 1. The van der Waals surface area contributed by atoms with E-state index in [9.17, 15) is 19.5 Å². The molecule has 0 bridgehead atoms. The van der Waals surface area contributed by atoms with Gasteiger partial charge in [-0.15, -0.1) is 0 Å². The Bertz CT molecular complexity index is 1570. The fourth-order valence-corrected chi connectivity index (χ4v) is 13.0. The number of esters is 1. The number of carboxylic acid groups (broad SMARTS) is 1. The van der Waals surface area contributed by atoms with Crippen molar-refractivity contribution in [2.45, 2.75) is 139 Å². The van der Waals surface area contributed by atoms with E-state index in [0.717, 1.165) is 82.4 Å². The van der Waals surface area contributed by atoms with Gasteiger partial charge >= 0.3 is 11.9 Å².